The number of hydrogen-bond acceptors (Lipinski definition) is 3. The SMILES string of the molecule is CCn1cnnc1CNC(=NC)NCCCC1CCCC1.I. The van der Waals surface area contributed by atoms with E-state index in [1.54, 1.807) is 13.4 Å². The summed E-state index contributed by atoms with van der Waals surface area (Å²) < 4.78 is 2.03. The summed E-state index contributed by atoms with van der Waals surface area (Å²) in [6.07, 6.45) is 10.0. The van der Waals surface area contributed by atoms with Gasteiger partial charge in [-0.3, -0.25) is 4.99 Å². The van der Waals surface area contributed by atoms with E-state index in [1.807, 2.05) is 4.57 Å². The van der Waals surface area contributed by atoms with Gasteiger partial charge in [-0.25, -0.2) is 0 Å². The van der Waals surface area contributed by atoms with Crippen molar-refractivity contribution < 1.29 is 0 Å². The van der Waals surface area contributed by atoms with E-state index >= 15 is 0 Å². The van der Waals surface area contributed by atoms with E-state index in [1.165, 1.54) is 38.5 Å². The summed E-state index contributed by atoms with van der Waals surface area (Å²) >= 11 is 0. The minimum absolute atomic E-state index is 0. The quantitative estimate of drug-likeness (QED) is 0.308. The number of halogens is 1. The predicted molar refractivity (Wildman–Crippen MR) is 101 cm³/mol. The Morgan fingerprint density at radius 3 is 2.82 bits per heavy atom. The molecule has 1 aliphatic rings. The lowest BCUT2D eigenvalue weighted by Gasteiger charge is -2.13. The summed E-state index contributed by atoms with van der Waals surface area (Å²) in [4.78, 5) is 4.25. The lowest BCUT2D eigenvalue weighted by atomic mass is 10.0. The van der Waals surface area contributed by atoms with Crippen LogP contribution < -0.4 is 10.6 Å². The van der Waals surface area contributed by atoms with Crippen LogP contribution in [0.3, 0.4) is 0 Å². The van der Waals surface area contributed by atoms with Crippen LogP contribution >= 0.6 is 24.0 Å². The zero-order valence-corrected chi connectivity index (χ0v) is 16.0. The lowest BCUT2D eigenvalue weighted by Crippen LogP contribution is -2.38. The third kappa shape index (κ3) is 6.10. The molecule has 126 valence electrons. The van der Waals surface area contributed by atoms with E-state index in [2.05, 4.69) is 32.7 Å². The molecule has 0 spiro atoms. The van der Waals surface area contributed by atoms with Gasteiger partial charge in [-0.15, -0.1) is 34.2 Å². The van der Waals surface area contributed by atoms with Gasteiger partial charge < -0.3 is 15.2 Å². The number of hydrogen-bond donors (Lipinski definition) is 2. The van der Waals surface area contributed by atoms with Gasteiger partial charge in [0.05, 0.1) is 6.54 Å². The topological polar surface area (TPSA) is 67.1 Å². The molecule has 1 saturated carbocycles. The molecule has 22 heavy (non-hydrogen) atoms. The molecule has 0 bridgehead atoms. The van der Waals surface area contributed by atoms with E-state index in [-0.39, 0.29) is 24.0 Å². The molecule has 1 heterocycles. The van der Waals surface area contributed by atoms with Gasteiger partial charge in [0, 0.05) is 20.1 Å². The molecule has 1 aromatic heterocycles. The van der Waals surface area contributed by atoms with Crippen molar-refractivity contribution in [3.05, 3.63) is 12.2 Å². The minimum atomic E-state index is 0. The molecule has 0 atom stereocenters. The first-order valence-corrected chi connectivity index (χ1v) is 8.14. The average Bonchev–Trinajstić information content (AvgIpc) is 3.17. The number of rotatable bonds is 7. The Kier molecular flexibility index (Phi) is 9.42. The van der Waals surface area contributed by atoms with E-state index < -0.39 is 0 Å². The second-order valence-electron chi connectivity index (χ2n) is 5.68. The molecule has 0 amide bonds. The van der Waals surface area contributed by atoms with Gasteiger partial charge in [-0.2, -0.15) is 0 Å². The molecule has 6 nitrogen and oxygen atoms in total. The number of guanidine groups is 1. The highest BCUT2D eigenvalue weighted by molar-refractivity contribution is 14.0. The summed E-state index contributed by atoms with van der Waals surface area (Å²) in [7, 11) is 1.80. The van der Waals surface area contributed by atoms with E-state index in [9.17, 15) is 0 Å². The molecule has 0 radical (unpaired) electrons. The fourth-order valence-corrected chi connectivity index (χ4v) is 2.96. The summed E-state index contributed by atoms with van der Waals surface area (Å²) in [6, 6.07) is 0. The van der Waals surface area contributed by atoms with Crippen molar-refractivity contribution in [3.63, 3.8) is 0 Å². The van der Waals surface area contributed by atoms with Crippen molar-refractivity contribution in [1.82, 2.24) is 25.4 Å². The van der Waals surface area contributed by atoms with Crippen LogP contribution in [0.5, 0.6) is 0 Å². The lowest BCUT2D eigenvalue weighted by molar-refractivity contribution is 0.481. The highest BCUT2D eigenvalue weighted by Crippen LogP contribution is 2.28. The van der Waals surface area contributed by atoms with E-state index in [4.69, 9.17) is 0 Å². The Bertz CT molecular complexity index is 439. The first-order chi connectivity index (χ1) is 10.3. The number of aliphatic imine (C=N–C) groups is 1. The number of aryl methyl sites for hydroxylation is 1. The maximum Gasteiger partial charge on any atom is 0.191 e. The van der Waals surface area contributed by atoms with Gasteiger partial charge in [-0.1, -0.05) is 25.7 Å². The predicted octanol–water partition coefficient (Wildman–Crippen LogP) is 2.55. The zero-order chi connectivity index (χ0) is 14.9. The monoisotopic (exact) mass is 420 g/mol. The van der Waals surface area contributed by atoms with Crippen molar-refractivity contribution in [2.45, 2.75) is 58.5 Å². The Morgan fingerprint density at radius 1 is 1.36 bits per heavy atom. The number of nitrogens with one attached hydrogen (secondary N) is 2. The molecule has 0 aromatic carbocycles. The normalized spacial score (nSPS) is 15.6. The molecule has 1 fully saturated rings. The fourth-order valence-electron chi connectivity index (χ4n) is 2.96. The van der Waals surface area contributed by atoms with Gasteiger partial charge >= 0.3 is 0 Å². The van der Waals surface area contributed by atoms with Crippen LogP contribution in [0.1, 0.15) is 51.3 Å². The third-order valence-electron chi connectivity index (χ3n) is 4.23. The Morgan fingerprint density at radius 2 is 2.14 bits per heavy atom. The maximum atomic E-state index is 4.25. The van der Waals surface area contributed by atoms with Crippen molar-refractivity contribution in [3.8, 4) is 0 Å². The van der Waals surface area contributed by atoms with Crippen LogP contribution in [0.4, 0.5) is 0 Å². The maximum absolute atomic E-state index is 4.25. The Hall–Kier alpha value is -0.860. The van der Waals surface area contributed by atoms with E-state index in [0.29, 0.717) is 6.54 Å². The fraction of sp³-hybridized carbons (Fsp3) is 0.800. The molecule has 2 N–H and O–H groups in total. The average molecular weight is 420 g/mol. The molecule has 0 aliphatic heterocycles. The summed E-state index contributed by atoms with van der Waals surface area (Å²) in [5, 5.41) is 14.7. The second kappa shape index (κ2) is 10.8. The first kappa shape index (κ1) is 19.2. The molecule has 7 heteroatoms. The van der Waals surface area contributed by atoms with Gasteiger partial charge in [-0.05, 0) is 25.7 Å². The number of nitrogens with zero attached hydrogens (tertiary/aromatic N) is 4. The van der Waals surface area contributed by atoms with Gasteiger partial charge in [0.15, 0.2) is 11.8 Å². The van der Waals surface area contributed by atoms with Gasteiger partial charge in [0.25, 0.3) is 0 Å². The van der Waals surface area contributed by atoms with Crippen LogP contribution in [-0.4, -0.2) is 34.3 Å². The first-order valence-electron chi connectivity index (χ1n) is 8.14. The Labute approximate surface area is 150 Å². The van der Waals surface area contributed by atoms with E-state index in [0.717, 1.165) is 30.8 Å². The van der Waals surface area contributed by atoms with Crippen molar-refractivity contribution in [1.29, 1.82) is 0 Å². The zero-order valence-electron chi connectivity index (χ0n) is 13.7. The van der Waals surface area contributed by atoms with Gasteiger partial charge in [0.2, 0.25) is 0 Å². The standard InChI is InChI=1S/C15H28N6.HI/c1-3-21-12-19-20-14(21)11-18-15(16-2)17-10-6-9-13-7-4-5-8-13;/h12-13H,3-11H2,1-2H3,(H2,16,17,18);1H. The van der Waals surface area contributed by atoms with Crippen LogP contribution in [0.2, 0.25) is 0 Å². The third-order valence-corrected chi connectivity index (χ3v) is 4.23. The molecule has 1 aromatic rings. The van der Waals surface area contributed by atoms with Crippen molar-refractivity contribution >= 4 is 29.9 Å². The highest BCUT2D eigenvalue weighted by Gasteiger charge is 2.14. The Balaban J connectivity index is 0.00000242. The van der Waals surface area contributed by atoms with Crippen LogP contribution in [0, 0.1) is 5.92 Å². The highest BCUT2D eigenvalue weighted by atomic mass is 127. The summed E-state index contributed by atoms with van der Waals surface area (Å²) in [5.41, 5.74) is 0. The second-order valence-corrected chi connectivity index (χ2v) is 5.68. The summed E-state index contributed by atoms with van der Waals surface area (Å²) in [6.45, 7) is 4.60. The molecule has 1 aliphatic carbocycles. The molecular formula is C15H29IN6. The smallest absolute Gasteiger partial charge is 0.191 e. The minimum Gasteiger partial charge on any atom is -0.356 e. The van der Waals surface area contributed by atoms with Crippen LogP contribution in [0.15, 0.2) is 11.3 Å². The molecule has 0 unspecified atom stereocenters. The molecule has 2 rings (SSSR count). The van der Waals surface area contributed by atoms with Crippen LogP contribution in [-0.2, 0) is 13.1 Å². The number of aromatic nitrogens is 3. The molecule has 0 saturated heterocycles. The van der Waals surface area contributed by atoms with Crippen molar-refractivity contribution in [2.24, 2.45) is 10.9 Å². The van der Waals surface area contributed by atoms with Crippen LogP contribution in [0.25, 0.3) is 0 Å². The van der Waals surface area contributed by atoms with Crippen molar-refractivity contribution in [2.75, 3.05) is 13.6 Å². The molecular weight excluding hydrogens is 391 g/mol. The van der Waals surface area contributed by atoms with Gasteiger partial charge in [0.1, 0.15) is 6.33 Å². The largest absolute Gasteiger partial charge is 0.356 e. The summed E-state index contributed by atoms with van der Waals surface area (Å²) in [5.74, 6) is 2.74.